The number of rotatable bonds is 4. The molecule has 134 valence electrons. The Hall–Kier alpha value is -1.93. The topological polar surface area (TPSA) is 72.3 Å². The van der Waals surface area contributed by atoms with Crippen molar-refractivity contribution in [3.05, 3.63) is 29.8 Å². The fraction of sp³-hybridized carbons (Fsp3) is 0.588. The number of imidazole rings is 1. The van der Waals surface area contributed by atoms with Crippen molar-refractivity contribution in [1.29, 1.82) is 0 Å². The number of hydrogen-bond acceptors (Lipinski definition) is 6. The summed E-state index contributed by atoms with van der Waals surface area (Å²) in [5.74, 6) is 0.948. The van der Waals surface area contributed by atoms with Crippen LogP contribution in [0.1, 0.15) is 29.9 Å². The predicted molar refractivity (Wildman–Crippen MR) is 95.7 cm³/mol. The van der Waals surface area contributed by atoms with Crippen LogP contribution in [0.2, 0.25) is 0 Å². The van der Waals surface area contributed by atoms with Gasteiger partial charge in [0.2, 0.25) is 0 Å². The van der Waals surface area contributed by atoms with E-state index in [9.17, 15) is 4.79 Å². The third-order valence-corrected chi connectivity index (χ3v) is 5.83. The molecule has 2 unspecified atom stereocenters. The Bertz CT molecular complexity index is 731. The van der Waals surface area contributed by atoms with Gasteiger partial charge in [-0.15, -0.1) is 11.3 Å². The van der Waals surface area contributed by atoms with E-state index >= 15 is 0 Å². The number of carbonyl (C=O) groups excluding carboxylic acids is 1. The number of piperidine rings is 1. The molecule has 4 rings (SSSR count). The largest absolute Gasteiger partial charge is 0.373 e. The lowest BCUT2D eigenvalue weighted by atomic mass is 9.86. The summed E-state index contributed by atoms with van der Waals surface area (Å²) >= 11 is 1.61. The molecule has 2 saturated heterocycles. The van der Waals surface area contributed by atoms with Crippen LogP contribution < -0.4 is 5.32 Å². The molecule has 2 aliphatic heterocycles. The summed E-state index contributed by atoms with van der Waals surface area (Å²) in [6, 6.07) is 0. The Morgan fingerprint density at radius 1 is 1.48 bits per heavy atom. The van der Waals surface area contributed by atoms with Gasteiger partial charge in [-0.3, -0.25) is 4.79 Å². The minimum atomic E-state index is -0.200. The molecule has 7 nitrogen and oxygen atoms in total. The lowest BCUT2D eigenvalue weighted by molar-refractivity contribution is -0.0452. The quantitative estimate of drug-likeness (QED) is 0.902. The first-order valence-corrected chi connectivity index (χ1v) is 9.57. The van der Waals surface area contributed by atoms with Gasteiger partial charge in [-0.1, -0.05) is 0 Å². The standard InChI is InChI=1S/C17H23N5O2S/c1-21-7-4-18-14(21)15(23)22-6-2-3-17(12-22)9-13(11-24-17)10-20-16-19-5-8-25-16/h4-5,7-8,13H,2-3,6,9-12H2,1H3,(H,19,20). The Morgan fingerprint density at radius 3 is 3.16 bits per heavy atom. The lowest BCUT2D eigenvalue weighted by Gasteiger charge is -2.39. The highest BCUT2D eigenvalue weighted by Crippen LogP contribution is 2.37. The summed E-state index contributed by atoms with van der Waals surface area (Å²) in [7, 11) is 1.85. The van der Waals surface area contributed by atoms with Gasteiger partial charge >= 0.3 is 0 Å². The van der Waals surface area contributed by atoms with Crippen LogP contribution in [0.15, 0.2) is 24.0 Å². The van der Waals surface area contributed by atoms with Crippen molar-refractivity contribution in [2.45, 2.75) is 24.9 Å². The summed E-state index contributed by atoms with van der Waals surface area (Å²) in [6.45, 7) is 3.04. The maximum atomic E-state index is 12.8. The maximum Gasteiger partial charge on any atom is 0.289 e. The number of aromatic nitrogens is 3. The number of nitrogens with zero attached hydrogens (tertiary/aromatic N) is 4. The van der Waals surface area contributed by atoms with Gasteiger partial charge < -0.3 is 19.5 Å². The average Bonchev–Trinajstić information content (AvgIpc) is 3.35. The fourth-order valence-electron chi connectivity index (χ4n) is 3.88. The smallest absolute Gasteiger partial charge is 0.289 e. The van der Waals surface area contributed by atoms with Gasteiger partial charge in [0.15, 0.2) is 11.0 Å². The number of hydrogen-bond donors (Lipinski definition) is 1. The van der Waals surface area contributed by atoms with Gasteiger partial charge in [-0.05, 0) is 19.3 Å². The molecule has 1 amide bonds. The van der Waals surface area contributed by atoms with Crippen LogP contribution in [0.3, 0.4) is 0 Å². The monoisotopic (exact) mass is 361 g/mol. The van der Waals surface area contributed by atoms with Crippen molar-refractivity contribution in [3.8, 4) is 0 Å². The second-order valence-corrected chi connectivity index (χ2v) is 7.87. The normalized spacial score (nSPS) is 26.3. The summed E-state index contributed by atoms with van der Waals surface area (Å²) in [4.78, 5) is 23.1. The van der Waals surface area contributed by atoms with Crippen molar-refractivity contribution in [2.75, 3.05) is 31.6 Å². The second kappa shape index (κ2) is 6.76. The lowest BCUT2D eigenvalue weighted by Crippen LogP contribution is -2.50. The molecule has 0 aliphatic carbocycles. The molecule has 2 aromatic heterocycles. The number of anilines is 1. The maximum absolute atomic E-state index is 12.8. The molecule has 2 atom stereocenters. The van der Waals surface area contributed by atoms with Crippen molar-refractivity contribution < 1.29 is 9.53 Å². The first-order chi connectivity index (χ1) is 12.2. The number of aryl methyl sites for hydroxylation is 1. The third kappa shape index (κ3) is 3.41. The zero-order valence-electron chi connectivity index (χ0n) is 14.4. The van der Waals surface area contributed by atoms with E-state index in [1.54, 1.807) is 28.3 Å². The van der Waals surface area contributed by atoms with Crippen LogP contribution in [0.5, 0.6) is 0 Å². The van der Waals surface area contributed by atoms with Gasteiger partial charge in [0.05, 0.1) is 18.8 Å². The van der Waals surface area contributed by atoms with E-state index in [-0.39, 0.29) is 11.5 Å². The highest BCUT2D eigenvalue weighted by molar-refractivity contribution is 7.13. The number of likely N-dealkylation sites (tertiary alicyclic amines) is 1. The summed E-state index contributed by atoms with van der Waals surface area (Å²) in [6.07, 6.45) is 8.25. The van der Waals surface area contributed by atoms with Crippen LogP contribution >= 0.6 is 11.3 Å². The highest BCUT2D eigenvalue weighted by Gasteiger charge is 2.44. The molecule has 4 heterocycles. The minimum Gasteiger partial charge on any atom is -0.373 e. The van der Waals surface area contributed by atoms with Gasteiger partial charge in [0.1, 0.15) is 0 Å². The average molecular weight is 361 g/mol. The highest BCUT2D eigenvalue weighted by atomic mass is 32.1. The van der Waals surface area contributed by atoms with Crippen LogP contribution in [-0.2, 0) is 11.8 Å². The molecule has 2 fully saturated rings. The SMILES string of the molecule is Cn1ccnc1C(=O)N1CCCC2(CC(CNc3nccs3)CO2)C1. The van der Waals surface area contributed by atoms with E-state index in [0.29, 0.717) is 18.3 Å². The molecule has 2 aromatic rings. The summed E-state index contributed by atoms with van der Waals surface area (Å²) < 4.78 is 7.99. The van der Waals surface area contributed by atoms with Crippen molar-refractivity contribution >= 4 is 22.4 Å². The first-order valence-electron chi connectivity index (χ1n) is 8.69. The first kappa shape index (κ1) is 16.5. The van der Waals surface area contributed by atoms with E-state index in [2.05, 4.69) is 15.3 Å². The minimum absolute atomic E-state index is 0.000430. The van der Waals surface area contributed by atoms with E-state index in [0.717, 1.165) is 44.1 Å². The van der Waals surface area contributed by atoms with Crippen LogP contribution in [0, 0.1) is 5.92 Å². The van der Waals surface area contributed by atoms with E-state index in [4.69, 9.17) is 4.74 Å². The Morgan fingerprint density at radius 2 is 2.40 bits per heavy atom. The van der Waals surface area contributed by atoms with E-state index in [1.165, 1.54) is 0 Å². The van der Waals surface area contributed by atoms with Gasteiger partial charge in [0.25, 0.3) is 5.91 Å². The molecule has 1 spiro atoms. The van der Waals surface area contributed by atoms with Crippen LogP contribution in [0.4, 0.5) is 5.13 Å². The van der Waals surface area contributed by atoms with Gasteiger partial charge in [0, 0.05) is 50.0 Å². The number of nitrogens with one attached hydrogen (secondary N) is 1. The second-order valence-electron chi connectivity index (χ2n) is 6.97. The molecule has 0 radical (unpaired) electrons. The number of thiazole rings is 1. The molecule has 0 saturated carbocycles. The predicted octanol–water partition coefficient (Wildman–Crippen LogP) is 2.00. The molecular formula is C17H23N5O2S. The van der Waals surface area contributed by atoms with E-state index < -0.39 is 0 Å². The van der Waals surface area contributed by atoms with Crippen LogP contribution in [-0.4, -0.2) is 57.2 Å². The third-order valence-electron chi connectivity index (χ3n) is 5.10. The van der Waals surface area contributed by atoms with Crippen LogP contribution in [0.25, 0.3) is 0 Å². The summed E-state index contributed by atoms with van der Waals surface area (Å²) in [5.41, 5.74) is -0.200. The number of carbonyl (C=O) groups is 1. The molecule has 1 N–H and O–H groups in total. The number of ether oxygens (including phenoxy) is 1. The molecule has 0 bridgehead atoms. The molecule has 8 heteroatoms. The Labute approximate surface area is 151 Å². The Kier molecular flexibility index (Phi) is 4.47. The molecular weight excluding hydrogens is 338 g/mol. The molecule has 0 aromatic carbocycles. The fourth-order valence-corrected chi connectivity index (χ4v) is 4.42. The van der Waals surface area contributed by atoms with Gasteiger partial charge in [-0.2, -0.15) is 0 Å². The molecule has 2 aliphatic rings. The molecule has 25 heavy (non-hydrogen) atoms. The van der Waals surface area contributed by atoms with Crippen molar-refractivity contribution in [1.82, 2.24) is 19.4 Å². The zero-order valence-corrected chi connectivity index (χ0v) is 15.2. The summed E-state index contributed by atoms with van der Waals surface area (Å²) in [5, 5.41) is 6.31. The van der Waals surface area contributed by atoms with Crippen molar-refractivity contribution in [3.63, 3.8) is 0 Å². The number of amides is 1. The van der Waals surface area contributed by atoms with Gasteiger partial charge in [-0.25, -0.2) is 9.97 Å². The van der Waals surface area contributed by atoms with E-state index in [1.807, 2.05) is 23.5 Å². The Balaban J connectivity index is 1.37. The zero-order chi connectivity index (χ0) is 17.3. The van der Waals surface area contributed by atoms with Crippen molar-refractivity contribution in [2.24, 2.45) is 13.0 Å².